The van der Waals surface area contributed by atoms with E-state index in [4.69, 9.17) is 9.15 Å². The monoisotopic (exact) mass is 421 g/mol. The van der Waals surface area contributed by atoms with Gasteiger partial charge in [0, 0.05) is 17.0 Å². The fourth-order valence-corrected chi connectivity index (χ4v) is 3.54. The quantitative estimate of drug-likeness (QED) is 0.337. The van der Waals surface area contributed by atoms with Crippen LogP contribution >= 0.6 is 11.3 Å². The molecule has 150 valence electrons. The number of nitro benzene ring substituents is 1. The molecule has 0 unspecified atom stereocenters. The maximum Gasteiger partial charge on any atom is 0.293 e. The van der Waals surface area contributed by atoms with Crippen LogP contribution in [0.15, 0.2) is 70.5 Å². The van der Waals surface area contributed by atoms with E-state index in [9.17, 15) is 14.9 Å². The summed E-state index contributed by atoms with van der Waals surface area (Å²) in [5.74, 6) is 0.528. The Morgan fingerprint density at radius 2 is 1.90 bits per heavy atom. The standard InChI is InChI=1S/C21H15N3O5S/c1-28-14-8-6-13(7-9-14)16-12-30-21(22-16)23-20(25)19-11-10-18(29-19)15-4-2-3-5-17(15)24(26)27/h2-12H,1H3,(H,22,23,25). The summed E-state index contributed by atoms with van der Waals surface area (Å²) in [6.45, 7) is 0. The highest BCUT2D eigenvalue weighted by atomic mass is 32.1. The van der Waals surface area contributed by atoms with Crippen LogP contribution in [0.2, 0.25) is 0 Å². The molecule has 1 amide bonds. The Morgan fingerprint density at radius 3 is 2.63 bits per heavy atom. The molecule has 8 nitrogen and oxygen atoms in total. The smallest absolute Gasteiger partial charge is 0.293 e. The number of hydrogen-bond donors (Lipinski definition) is 1. The highest BCUT2D eigenvalue weighted by Gasteiger charge is 2.20. The average molecular weight is 421 g/mol. The van der Waals surface area contributed by atoms with Crippen LogP contribution in [0.25, 0.3) is 22.6 Å². The molecule has 2 aromatic carbocycles. The molecule has 0 radical (unpaired) electrons. The van der Waals surface area contributed by atoms with E-state index in [1.807, 2.05) is 29.6 Å². The Morgan fingerprint density at radius 1 is 1.13 bits per heavy atom. The maximum absolute atomic E-state index is 12.5. The van der Waals surface area contributed by atoms with Crippen molar-refractivity contribution in [2.45, 2.75) is 0 Å². The molecule has 0 fully saturated rings. The van der Waals surface area contributed by atoms with Gasteiger partial charge >= 0.3 is 0 Å². The number of anilines is 1. The van der Waals surface area contributed by atoms with Crippen LogP contribution in [0.4, 0.5) is 10.8 Å². The van der Waals surface area contributed by atoms with Gasteiger partial charge in [-0.3, -0.25) is 20.2 Å². The number of benzene rings is 2. The number of ether oxygens (including phenoxy) is 1. The number of furan rings is 1. The normalized spacial score (nSPS) is 10.6. The predicted octanol–water partition coefficient (Wildman–Crippen LogP) is 5.24. The van der Waals surface area contributed by atoms with Crippen molar-refractivity contribution in [1.29, 1.82) is 0 Å². The van der Waals surface area contributed by atoms with Crippen LogP contribution in [0, 0.1) is 10.1 Å². The van der Waals surface area contributed by atoms with Crippen molar-refractivity contribution in [3.05, 3.63) is 81.9 Å². The number of nitrogens with one attached hydrogen (secondary N) is 1. The number of amides is 1. The third-order valence-electron chi connectivity index (χ3n) is 4.31. The van der Waals surface area contributed by atoms with Crippen LogP contribution in [0.1, 0.15) is 10.6 Å². The molecular formula is C21H15N3O5S. The number of nitrogens with zero attached hydrogens (tertiary/aromatic N) is 2. The highest BCUT2D eigenvalue weighted by molar-refractivity contribution is 7.14. The van der Waals surface area contributed by atoms with Gasteiger partial charge in [0.05, 0.1) is 23.3 Å². The number of aromatic nitrogens is 1. The molecule has 2 heterocycles. The molecule has 1 N–H and O–H groups in total. The summed E-state index contributed by atoms with van der Waals surface area (Å²) in [5.41, 5.74) is 1.82. The van der Waals surface area contributed by atoms with Gasteiger partial charge in [0.2, 0.25) is 0 Å². The number of nitro groups is 1. The molecule has 4 rings (SSSR count). The van der Waals surface area contributed by atoms with Crippen molar-refractivity contribution >= 4 is 28.1 Å². The van der Waals surface area contributed by atoms with Gasteiger partial charge in [-0.2, -0.15) is 0 Å². The Labute approximate surface area is 174 Å². The van der Waals surface area contributed by atoms with E-state index < -0.39 is 10.8 Å². The molecule has 9 heteroatoms. The molecule has 30 heavy (non-hydrogen) atoms. The lowest BCUT2D eigenvalue weighted by molar-refractivity contribution is -0.384. The Kier molecular flexibility index (Phi) is 5.27. The van der Waals surface area contributed by atoms with E-state index in [1.54, 1.807) is 25.3 Å². The van der Waals surface area contributed by atoms with E-state index in [0.29, 0.717) is 10.7 Å². The lowest BCUT2D eigenvalue weighted by Gasteiger charge is -2.01. The molecule has 0 saturated heterocycles. The van der Waals surface area contributed by atoms with Crippen LogP contribution in [0.3, 0.4) is 0 Å². The number of carbonyl (C=O) groups excluding carboxylic acids is 1. The topological polar surface area (TPSA) is 108 Å². The zero-order valence-electron chi connectivity index (χ0n) is 15.7. The molecular weight excluding hydrogens is 406 g/mol. The largest absolute Gasteiger partial charge is 0.497 e. The second-order valence-corrected chi connectivity index (χ2v) is 7.02. The minimum atomic E-state index is -0.492. The Bertz CT molecular complexity index is 1210. The lowest BCUT2D eigenvalue weighted by Crippen LogP contribution is -2.10. The van der Waals surface area contributed by atoms with Gasteiger partial charge in [-0.1, -0.05) is 12.1 Å². The number of carbonyl (C=O) groups is 1. The van der Waals surface area contributed by atoms with Crippen molar-refractivity contribution in [3.8, 4) is 28.3 Å². The molecule has 0 aliphatic heterocycles. The molecule has 2 aromatic heterocycles. The van der Waals surface area contributed by atoms with Gasteiger partial charge in [-0.25, -0.2) is 4.98 Å². The van der Waals surface area contributed by atoms with E-state index >= 15 is 0 Å². The third-order valence-corrected chi connectivity index (χ3v) is 5.06. The van der Waals surface area contributed by atoms with Crippen molar-refractivity contribution in [2.75, 3.05) is 12.4 Å². The van der Waals surface area contributed by atoms with Gasteiger partial charge in [0.1, 0.15) is 11.5 Å². The van der Waals surface area contributed by atoms with Crippen molar-refractivity contribution in [3.63, 3.8) is 0 Å². The summed E-state index contributed by atoms with van der Waals surface area (Å²) in [6.07, 6.45) is 0. The van der Waals surface area contributed by atoms with Crippen LogP contribution in [-0.2, 0) is 0 Å². The maximum atomic E-state index is 12.5. The molecule has 0 bridgehead atoms. The minimum absolute atomic E-state index is 0.0318. The SMILES string of the molecule is COc1ccc(-c2csc(NC(=O)c3ccc(-c4ccccc4[N+](=O)[O-])o3)n2)cc1. The Balaban J connectivity index is 1.50. The summed E-state index contributed by atoms with van der Waals surface area (Å²) < 4.78 is 10.7. The average Bonchev–Trinajstić information content (AvgIpc) is 3.44. The summed E-state index contributed by atoms with van der Waals surface area (Å²) in [6, 6.07) is 16.6. The van der Waals surface area contributed by atoms with Crippen LogP contribution < -0.4 is 10.1 Å². The van der Waals surface area contributed by atoms with Gasteiger partial charge in [0.25, 0.3) is 11.6 Å². The van der Waals surface area contributed by atoms with Crippen LogP contribution in [-0.4, -0.2) is 22.9 Å². The number of methoxy groups -OCH3 is 1. The zero-order chi connectivity index (χ0) is 21.1. The first-order chi connectivity index (χ1) is 14.5. The van der Waals surface area contributed by atoms with Crippen molar-refractivity contribution in [1.82, 2.24) is 4.98 Å². The van der Waals surface area contributed by atoms with Gasteiger partial charge < -0.3 is 9.15 Å². The summed E-state index contributed by atoms with van der Waals surface area (Å²) in [7, 11) is 1.60. The number of thiazole rings is 1. The first-order valence-corrected chi connectivity index (χ1v) is 9.68. The van der Waals surface area contributed by atoms with E-state index in [1.165, 1.54) is 29.5 Å². The molecule has 0 aliphatic rings. The minimum Gasteiger partial charge on any atom is -0.497 e. The number of para-hydroxylation sites is 1. The number of hydrogen-bond acceptors (Lipinski definition) is 7. The highest BCUT2D eigenvalue weighted by Crippen LogP contribution is 2.31. The van der Waals surface area contributed by atoms with Gasteiger partial charge in [0.15, 0.2) is 10.9 Å². The molecule has 4 aromatic rings. The first-order valence-electron chi connectivity index (χ1n) is 8.80. The van der Waals surface area contributed by atoms with E-state index in [-0.39, 0.29) is 17.2 Å². The second-order valence-electron chi connectivity index (χ2n) is 6.16. The summed E-state index contributed by atoms with van der Waals surface area (Å²) >= 11 is 1.28. The summed E-state index contributed by atoms with van der Waals surface area (Å²) in [4.78, 5) is 27.6. The third kappa shape index (κ3) is 3.91. The molecule has 0 aliphatic carbocycles. The fourth-order valence-electron chi connectivity index (χ4n) is 2.83. The predicted molar refractivity (Wildman–Crippen MR) is 113 cm³/mol. The molecule has 0 saturated carbocycles. The van der Waals surface area contributed by atoms with E-state index in [0.717, 1.165) is 17.0 Å². The van der Waals surface area contributed by atoms with Crippen molar-refractivity contribution < 1.29 is 18.9 Å². The van der Waals surface area contributed by atoms with Gasteiger partial charge in [-0.05, 0) is 42.5 Å². The second kappa shape index (κ2) is 8.18. The van der Waals surface area contributed by atoms with Crippen LogP contribution in [0.5, 0.6) is 5.75 Å². The zero-order valence-corrected chi connectivity index (χ0v) is 16.5. The first kappa shape index (κ1) is 19.3. The molecule has 0 spiro atoms. The lowest BCUT2D eigenvalue weighted by atomic mass is 10.1. The van der Waals surface area contributed by atoms with E-state index in [2.05, 4.69) is 10.3 Å². The Hall–Kier alpha value is -3.98. The molecule has 0 atom stereocenters. The summed E-state index contributed by atoms with van der Waals surface area (Å²) in [5, 5.41) is 16.1. The number of rotatable bonds is 6. The van der Waals surface area contributed by atoms with Crippen molar-refractivity contribution in [2.24, 2.45) is 0 Å². The fraction of sp³-hybridized carbons (Fsp3) is 0.0476. The van der Waals surface area contributed by atoms with Gasteiger partial charge in [-0.15, -0.1) is 11.3 Å².